The average Bonchev–Trinajstić information content (AvgIpc) is 2.16. The highest BCUT2D eigenvalue weighted by molar-refractivity contribution is 7.52. The second-order valence-electron chi connectivity index (χ2n) is 3.35. The molecule has 0 fully saturated rings. The van der Waals surface area contributed by atoms with Crippen LogP contribution in [0.4, 0.5) is 0 Å². The van der Waals surface area contributed by atoms with Crippen molar-refractivity contribution < 1.29 is 14.0 Å². The maximum atomic E-state index is 11.0. The van der Waals surface area contributed by atoms with Gasteiger partial charge in [-0.25, -0.2) is 0 Å². The summed E-state index contributed by atoms with van der Waals surface area (Å²) in [4.78, 5) is 9.08. The first-order valence-electron chi connectivity index (χ1n) is 5.20. The fourth-order valence-electron chi connectivity index (χ4n) is 1.08. The first-order valence-corrected chi connectivity index (χ1v) is 6.97. The van der Waals surface area contributed by atoms with Gasteiger partial charge in [0.15, 0.2) is 0 Å². The second kappa shape index (κ2) is 8.42. The Labute approximate surface area is 86.6 Å². The summed E-state index contributed by atoms with van der Waals surface area (Å²) in [6, 6.07) is 0. The fourth-order valence-corrected chi connectivity index (χ4v) is 1.89. The van der Waals surface area contributed by atoms with Crippen molar-refractivity contribution in [3.8, 4) is 0 Å². The van der Waals surface area contributed by atoms with Crippen molar-refractivity contribution >= 4 is 7.60 Å². The Kier molecular flexibility index (Phi) is 8.49. The van der Waals surface area contributed by atoms with Crippen LogP contribution in [0.2, 0.25) is 0 Å². The van der Waals surface area contributed by atoms with Crippen LogP contribution in [0.3, 0.4) is 0 Å². The fraction of sp³-hybridized carbons (Fsp3) is 1.00. The van der Waals surface area contributed by atoms with Crippen LogP contribution in [0.15, 0.2) is 0 Å². The van der Waals surface area contributed by atoms with E-state index in [1.54, 1.807) is 0 Å². The van der Waals surface area contributed by atoms with Crippen LogP contribution >= 0.6 is 7.60 Å². The van der Waals surface area contributed by atoms with E-state index in [2.05, 4.69) is 16.8 Å². The van der Waals surface area contributed by atoms with Gasteiger partial charge in [-0.15, -0.1) is 0 Å². The Hall–Kier alpha value is 0.110. The van der Waals surface area contributed by atoms with Crippen molar-refractivity contribution in [1.82, 2.24) is 5.32 Å². The zero-order valence-electron chi connectivity index (χ0n) is 9.16. The molecular formula is C9H22NO3P. The van der Waals surface area contributed by atoms with Gasteiger partial charge < -0.3 is 14.7 Å². The Bertz CT molecular complexity index is 175. The van der Waals surface area contributed by atoms with Crippen molar-refractivity contribution in [2.24, 2.45) is 0 Å². The first kappa shape index (κ1) is 14.1. The van der Waals surface area contributed by atoms with Gasteiger partial charge in [0.2, 0.25) is 0 Å². The Balaban J connectivity index is 3.17. The van der Waals surface area contributed by atoms with Gasteiger partial charge in [0.1, 0.15) is 0 Å². The van der Waals surface area contributed by atoms with Crippen LogP contribution in [0.25, 0.3) is 0 Å². The van der Waals surface area contributed by atoms with E-state index < -0.39 is 7.60 Å². The van der Waals surface area contributed by atoms with Crippen molar-refractivity contribution in [3.05, 3.63) is 0 Å². The predicted molar refractivity (Wildman–Crippen MR) is 58.7 cm³/mol. The molecule has 1 unspecified atom stereocenters. The lowest BCUT2D eigenvalue weighted by atomic mass is 10.3. The molecule has 14 heavy (non-hydrogen) atoms. The van der Waals surface area contributed by atoms with Crippen molar-refractivity contribution in [3.63, 3.8) is 0 Å². The Morgan fingerprint density at radius 3 is 2.50 bits per heavy atom. The third-order valence-electron chi connectivity index (χ3n) is 2.04. The second-order valence-corrected chi connectivity index (χ2v) is 5.44. The molecule has 0 aromatic carbocycles. The molecule has 0 aliphatic carbocycles. The summed E-state index contributed by atoms with van der Waals surface area (Å²) in [7, 11) is -1.98. The molecule has 0 aromatic heterocycles. The highest BCUT2D eigenvalue weighted by Gasteiger charge is 2.15. The van der Waals surface area contributed by atoms with E-state index in [0.717, 1.165) is 25.9 Å². The summed E-state index contributed by atoms with van der Waals surface area (Å²) >= 11 is 0. The van der Waals surface area contributed by atoms with Gasteiger partial charge in [-0.2, -0.15) is 0 Å². The lowest BCUT2D eigenvalue weighted by Crippen LogP contribution is -2.16. The molecule has 0 radical (unpaired) electrons. The number of rotatable bonds is 9. The molecule has 1 atom stereocenters. The highest BCUT2D eigenvalue weighted by atomic mass is 31.2. The van der Waals surface area contributed by atoms with Crippen LogP contribution in [0, 0.1) is 0 Å². The molecular weight excluding hydrogens is 201 g/mol. The molecule has 0 saturated heterocycles. The van der Waals surface area contributed by atoms with E-state index in [9.17, 15) is 4.57 Å². The summed E-state index contributed by atoms with van der Waals surface area (Å²) < 4.78 is 15.5. The number of nitrogens with one attached hydrogen (secondary N) is 1. The number of unbranched alkanes of at least 4 members (excludes halogenated alkanes) is 2. The van der Waals surface area contributed by atoms with E-state index in [0.29, 0.717) is 0 Å². The molecule has 4 nitrogen and oxygen atoms in total. The molecule has 0 spiro atoms. The quantitative estimate of drug-likeness (QED) is 0.463. The molecule has 0 rings (SSSR count). The van der Waals surface area contributed by atoms with Crippen molar-refractivity contribution in [2.75, 3.05) is 26.4 Å². The van der Waals surface area contributed by atoms with Gasteiger partial charge in [-0.05, 0) is 32.4 Å². The van der Waals surface area contributed by atoms with E-state index >= 15 is 0 Å². The minimum atomic E-state index is -3.26. The molecule has 0 saturated carbocycles. The molecule has 0 aromatic rings. The largest absolute Gasteiger partial charge is 0.327 e. The van der Waals surface area contributed by atoms with Gasteiger partial charge >= 0.3 is 7.60 Å². The maximum absolute atomic E-state index is 11.0. The molecule has 0 bridgehead atoms. The van der Waals surface area contributed by atoms with Crippen molar-refractivity contribution in [1.29, 1.82) is 0 Å². The monoisotopic (exact) mass is 223 g/mol. The third kappa shape index (κ3) is 8.70. The summed E-state index contributed by atoms with van der Waals surface area (Å²) in [5.41, 5.74) is 0. The summed E-state index contributed by atoms with van der Waals surface area (Å²) in [6.07, 6.45) is 4.32. The SMILES string of the molecule is CCCCNCCCCP(=O)(O)OC. The van der Waals surface area contributed by atoms with Gasteiger partial charge in [-0.3, -0.25) is 4.57 Å². The summed E-state index contributed by atoms with van der Waals surface area (Å²) in [5, 5.41) is 3.28. The number of hydrogen-bond acceptors (Lipinski definition) is 3. The lowest BCUT2D eigenvalue weighted by molar-refractivity contribution is 0.314. The van der Waals surface area contributed by atoms with Crippen molar-refractivity contribution in [2.45, 2.75) is 32.6 Å². The highest BCUT2D eigenvalue weighted by Crippen LogP contribution is 2.41. The molecule has 2 N–H and O–H groups in total. The van der Waals surface area contributed by atoms with E-state index in [1.807, 2.05) is 0 Å². The summed E-state index contributed by atoms with van der Waals surface area (Å²) in [6.45, 7) is 4.11. The summed E-state index contributed by atoms with van der Waals surface area (Å²) in [5.74, 6) is 0. The standard InChI is InChI=1S/C9H22NO3P/c1-3-4-7-10-8-5-6-9-14(11,12)13-2/h10H,3-9H2,1-2H3,(H,11,12). The smallest absolute Gasteiger partial charge is 0.324 e. The van der Waals surface area contributed by atoms with Gasteiger partial charge in [-0.1, -0.05) is 13.3 Å². The van der Waals surface area contributed by atoms with Gasteiger partial charge in [0, 0.05) is 7.11 Å². The zero-order valence-corrected chi connectivity index (χ0v) is 10.1. The normalized spacial score (nSPS) is 15.4. The molecule has 0 aliphatic rings. The van der Waals surface area contributed by atoms with Crippen LogP contribution < -0.4 is 5.32 Å². The Morgan fingerprint density at radius 2 is 1.93 bits per heavy atom. The lowest BCUT2D eigenvalue weighted by Gasteiger charge is -2.08. The van der Waals surface area contributed by atoms with E-state index in [4.69, 9.17) is 4.89 Å². The molecule has 0 heterocycles. The first-order chi connectivity index (χ1) is 6.62. The molecule has 86 valence electrons. The number of hydrogen-bond donors (Lipinski definition) is 2. The maximum Gasteiger partial charge on any atom is 0.327 e. The molecule has 0 amide bonds. The Morgan fingerprint density at radius 1 is 1.29 bits per heavy atom. The van der Waals surface area contributed by atoms with E-state index in [1.165, 1.54) is 20.0 Å². The zero-order chi connectivity index (χ0) is 10.9. The average molecular weight is 223 g/mol. The molecule has 0 aliphatic heterocycles. The predicted octanol–water partition coefficient (Wildman–Crippen LogP) is 1.99. The minimum absolute atomic E-state index is 0.263. The van der Waals surface area contributed by atoms with Crippen LogP contribution in [0.1, 0.15) is 32.6 Å². The third-order valence-corrected chi connectivity index (χ3v) is 3.49. The minimum Gasteiger partial charge on any atom is -0.324 e. The van der Waals surface area contributed by atoms with Gasteiger partial charge in [0.25, 0.3) is 0 Å². The van der Waals surface area contributed by atoms with Crippen LogP contribution in [-0.4, -0.2) is 31.3 Å². The van der Waals surface area contributed by atoms with E-state index in [-0.39, 0.29) is 6.16 Å². The van der Waals surface area contributed by atoms with Gasteiger partial charge in [0.05, 0.1) is 6.16 Å². The van der Waals surface area contributed by atoms with Crippen LogP contribution in [0.5, 0.6) is 0 Å². The van der Waals surface area contributed by atoms with Crippen LogP contribution in [-0.2, 0) is 9.09 Å². The molecule has 5 heteroatoms. The topological polar surface area (TPSA) is 58.6 Å².